The molecule has 1 N–H and O–H groups in total. The van der Waals surface area contributed by atoms with Gasteiger partial charge in [-0.2, -0.15) is 0 Å². The molecule has 0 aliphatic heterocycles. The first-order chi connectivity index (χ1) is 13.9. The summed E-state index contributed by atoms with van der Waals surface area (Å²) in [7, 11) is 4.62. The van der Waals surface area contributed by atoms with Gasteiger partial charge in [0.1, 0.15) is 11.9 Å². The second kappa shape index (κ2) is 10.5. The molecule has 0 heterocycles. The Morgan fingerprint density at radius 1 is 1.10 bits per heavy atom. The van der Waals surface area contributed by atoms with Crippen molar-refractivity contribution in [3.05, 3.63) is 59.4 Å². The number of carbonyl (C=O) groups is 2. The van der Waals surface area contributed by atoms with Crippen LogP contribution in [0.1, 0.15) is 24.5 Å². The number of nitrogens with one attached hydrogen (secondary N) is 1. The number of halogens is 1. The summed E-state index contributed by atoms with van der Waals surface area (Å²) < 4.78 is 24.6. The fraction of sp³-hybridized carbons (Fsp3) is 0.364. The van der Waals surface area contributed by atoms with E-state index in [-0.39, 0.29) is 24.8 Å². The van der Waals surface area contributed by atoms with Crippen molar-refractivity contribution in [1.29, 1.82) is 0 Å². The van der Waals surface area contributed by atoms with E-state index in [0.717, 1.165) is 5.56 Å². The van der Waals surface area contributed by atoms with Gasteiger partial charge in [0, 0.05) is 25.6 Å². The van der Waals surface area contributed by atoms with Gasteiger partial charge in [0.15, 0.2) is 11.5 Å². The zero-order valence-corrected chi connectivity index (χ0v) is 17.2. The molecule has 2 aromatic carbocycles. The Morgan fingerprint density at radius 2 is 1.79 bits per heavy atom. The van der Waals surface area contributed by atoms with E-state index in [1.165, 1.54) is 18.0 Å². The Bertz CT molecular complexity index is 856. The minimum absolute atomic E-state index is 0.0199. The maximum atomic E-state index is 14.1. The summed E-state index contributed by atoms with van der Waals surface area (Å²) in [4.78, 5) is 26.5. The molecule has 29 heavy (non-hydrogen) atoms. The summed E-state index contributed by atoms with van der Waals surface area (Å²) in [6.45, 7) is 1.65. The Balaban J connectivity index is 2.16. The number of likely N-dealkylation sites (N-methyl/N-ethyl adjacent to an activating group) is 1. The van der Waals surface area contributed by atoms with Crippen LogP contribution in [0.2, 0.25) is 0 Å². The zero-order valence-electron chi connectivity index (χ0n) is 17.2. The lowest BCUT2D eigenvalue weighted by Gasteiger charge is -2.28. The van der Waals surface area contributed by atoms with Gasteiger partial charge in [-0.15, -0.1) is 0 Å². The van der Waals surface area contributed by atoms with Crippen molar-refractivity contribution in [2.24, 2.45) is 0 Å². The number of aryl methyl sites for hydroxylation is 1. The summed E-state index contributed by atoms with van der Waals surface area (Å²) in [6.07, 6.45) is 0.624. The number of nitrogens with zero attached hydrogens (tertiary/aromatic N) is 1. The molecule has 0 unspecified atom stereocenters. The van der Waals surface area contributed by atoms with Crippen LogP contribution in [-0.2, 0) is 22.6 Å². The number of carbonyl (C=O) groups excluding carboxylic acids is 2. The molecule has 2 rings (SSSR count). The molecule has 0 spiro atoms. The third-order valence-corrected chi connectivity index (χ3v) is 4.79. The van der Waals surface area contributed by atoms with E-state index < -0.39 is 11.9 Å². The lowest BCUT2D eigenvalue weighted by Crippen LogP contribution is -2.46. The molecule has 2 aromatic rings. The Morgan fingerprint density at radius 3 is 2.41 bits per heavy atom. The third kappa shape index (κ3) is 5.70. The van der Waals surface area contributed by atoms with Gasteiger partial charge in [-0.05, 0) is 37.1 Å². The highest BCUT2D eigenvalue weighted by atomic mass is 19.1. The summed E-state index contributed by atoms with van der Waals surface area (Å²) in [5, 5.41) is 2.55. The maximum absolute atomic E-state index is 14.1. The van der Waals surface area contributed by atoms with Crippen molar-refractivity contribution < 1.29 is 23.5 Å². The van der Waals surface area contributed by atoms with Crippen molar-refractivity contribution in [3.8, 4) is 11.5 Å². The Hall–Kier alpha value is -3.09. The maximum Gasteiger partial charge on any atom is 0.242 e. The van der Waals surface area contributed by atoms with E-state index in [1.807, 2.05) is 12.1 Å². The Labute approximate surface area is 170 Å². The topological polar surface area (TPSA) is 67.9 Å². The third-order valence-electron chi connectivity index (χ3n) is 4.79. The van der Waals surface area contributed by atoms with Gasteiger partial charge in [0.2, 0.25) is 11.8 Å². The minimum Gasteiger partial charge on any atom is -0.493 e. The molecule has 6 nitrogen and oxygen atoms in total. The predicted molar refractivity (Wildman–Crippen MR) is 108 cm³/mol. The van der Waals surface area contributed by atoms with Gasteiger partial charge in [-0.25, -0.2) is 4.39 Å². The van der Waals surface area contributed by atoms with Crippen LogP contribution in [0.3, 0.4) is 0 Å². The van der Waals surface area contributed by atoms with E-state index in [9.17, 15) is 14.0 Å². The summed E-state index contributed by atoms with van der Waals surface area (Å²) >= 11 is 0. The average molecular weight is 402 g/mol. The van der Waals surface area contributed by atoms with Gasteiger partial charge in [0.05, 0.1) is 14.2 Å². The van der Waals surface area contributed by atoms with Crippen molar-refractivity contribution in [2.45, 2.75) is 32.4 Å². The van der Waals surface area contributed by atoms with E-state index in [0.29, 0.717) is 23.5 Å². The number of hydrogen-bond acceptors (Lipinski definition) is 4. The highest BCUT2D eigenvalue weighted by Crippen LogP contribution is 2.28. The SMILES string of the molecule is CNC(=O)[C@@H](C)N(Cc1ccccc1F)C(=O)CCc1ccc(OC)c(OC)c1. The van der Waals surface area contributed by atoms with Crippen LogP contribution in [0, 0.1) is 5.82 Å². The molecule has 0 fully saturated rings. The van der Waals surface area contributed by atoms with Crippen LogP contribution in [-0.4, -0.2) is 44.0 Å². The van der Waals surface area contributed by atoms with Crippen LogP contribution in [0.5, 0.6) is 11.5 Å². The van der Waals surface area contributed by atoms with Crippen LogP contribution in [0.25, 0.3) is 0 Å². The van der Waals surface area contributed by atoms with Crippen molar-refractivity contribution in [1.82, 2.24) is 10.2 Å². The van der Waals surface area contributed by atoms with E-state index in [1.54, 1.807) is 45.4 Å². The largest absolute Gasteiger partial charge is 0.493 e. The van der Waals surface area contributed by atoms with Crippen LogP contribution in [0.15, 0.2) is 42.5 Å². The van der Waals surface area contributed by atoms with E-state index >= 15 is 0 Å². The van der Waals surface area contributed by atoms with Crippen molar-refractivity contribution in [2.75, 3.05) is 21.3 Å². The number of rotatable bonds is 9. The second-order valence-corrected chi connectivity index (χ2v) is 6.59. The summed E-state index contributed by atoms with van der Waals surface area (Å²) in [5.41, 5.74) is 1.26. The highest BCUT2D eigenvalue weighted by molar-refractivity contribution is 5.87. The fourth-order valence-electron chi connectivity index (χ4n) is 3.03. The number of amides is 2. The summed E-state index contributed by atoms with van der Waals surface area (Å²) in [6, 6.07) is 11.0. The molecular weight excluding hydrogens is 375 g/mol. The standard InChI is InChI=1S/C22H27FN2O4/c1-15(22(27)24-2)25(14-17-7-5-6-8-18(17)23)21(26)12-10-16-9-11-19(28-3)20(13-16)29-4/h5-9,11,13,15H,10,12,14H2,1-4H3,(H,24,27)/t15-/m1/s1. The van der Waals surface area contributed by atoms with E-state index in [2.05, 4.69) is 5.32 Å². The predicted octanol–water partition coefficient (Wildman–Crippen LogP) is 2.94. The highest BCUT2D eigenvalue weighted by Gasteiger charge is 2.26. The molecule has 0 aromatic heterocycles. The lowest BCUT2D eigenvalue weighted by molar-refractivity contribution is -0.140. The molecule has 0 bridgehead atoms. The number of benzene rings is 2. The average Bonchev–Trinajstić information content (AvgIpc) is 2.75. The van der Waals surface area contributed by atoms with Gasteiger partial charge < -0.3 is 19.7 Å². The Kier molecular flexibility index (Phi) is 8.00. The van der Waals surface area contributed by atoms with Crippen molar-refractivity contribution in [3.63, 3.8) is 0 Å². The second-order valence-electron chi connectivity index (χ2n) is 6.59. The molecular formula is C22H27FN2O4. The number of methoxy groups -OCH3 is 2. The van der Waals surface area contributed by atoms with Gasteiger partial charge in [0.25, 0.3) is 0 Å². The first kappa shape index (κ1) is 22.2. The van der Waals surface area contributed by atoms with Crippen LogP contribution < -0.4 is 14.8 Å². The first-order valence-electron chi connectivity index (χ1n) is 9.36. The number of hydrogen-bond donors (Lipinski definition) is 1. The molecule has 7 heteroatoms. The molecule has 0 radical (unpaired) electrons. The van der Waals surface area contributed by atoms with Gasteiger partial charge in [-0.1, -0.05) is 24.3 Å². The quantitative estimate of drug-likeness (QED) is 0.700. The fourth-order valence-corrected chi connectivity index (χ4v) is 3.03. The van der Waals surface area contributed by atoms with Crippen LogP contribution in [0.4, 0.5) is 4.39 Å². The zero-order chi connectivity index (χ0) is 21.4. The minimum atomic E-state index is -0.725. The summed E-state index contributed by atoms with van der Waals surface area (Å²) in [5.74, 6) is 0.241. The first-order valence-corrected chi connectivity index (χ1v) is 9.36. The molecule has 0 aliphatic carbocycles. The van der Waals surface area contributed by atoms with Gasteiger partial charge in [-0.3, -0.25) is 9.59 Å². The number of ether oxygens (including phenoxy) is 2. The smallest absolute Gasteiger partial charge is 0.242 e. The van der Waals surface area contributed by atoms with Crippen molar-refractivity contribution >= 4 is 11.8 Å². The molecule has 156 valence electrons. The van der Waals surface area contributed by atoms with E-state index in [4.69, 9.17) is 9.47 Å². The molecule has 2 amide bonds. The van der Waals surface area contributed by atoms with Gasteiger partial charge >= 0.3 is 0 Å². The molecule has 0 saturated carbocycles. The van der Waals surface area contributed by atoms with Crippen LogP contribution >= 0.6 is 0 Å². The monoisotopic (exact) mass is 402 g/mol. The molecule has 0 saturated heterocycles. The molecule has 1 atom stereocenters. The lowest BCUT2D eigenvalue weighted by atomic mass is 10.1. The molecule has 0 aliphatic rings. The normalized spacial score (nSPS) is 11.5.